The quantitative estimate of drug-likeness (QED) is 0.839. The first kappa shape index (κ1) is 19.1. The van der Waals surface area contributed by atoms with E-state index in [0.717, 1.165) is 23.2 Å². The lowest BCUT2D eigenvalue weighted by Gasteiger charge is -2.35. The van der Waals surface area contributed by atoms with Gasteiger partial charge in [-0.1, -0.05) is 23.7 Å². The van der Waals surface area contributed by atoms with Crippen molar-refractivity contribution < 1.29 is 9.59 Å². The molecule has 8 heteroatoms. The Bertz CT molecular complexity index is 869. The first-order valence-electron chi connectivity index (χ1n) is 8.78. The standard InChI is InChI=1S/C19H22ClN5O2/c1-11(26)22-18-16-9-15(7-8-17(16)23-19(21)24-18)25(12(2)27)10-13-3-5-14(20)6-4-13/h3-6,15H,7-10H2,1-2H3,(H3,21,22,23,24,26)/t15-/m1/s1. The number of nitrogens with two attached hydrogens (primary N) is 1. The average molecular weight is 388 g/mol. The third kappa shape index (κ3) is 4.54. The largest absolute Gasteiger partial charge is 0.368 e. The fraction of sp³-hybridized carbons (Fsp3) is 0.368. The minimum absolute atomic E-state index is 0.00385. The number of carbonyl (C=O) groups is 2. The maximum absolute atomic E-state index is 12.3. The zero-order valence-electron chi connectivity index (χ0n) is 15.3. The average Bonchev–Trinajstić information content (AvgIpc) is 2.60. The third-order valence-electron chi connectivity index (χ3n) is 4.67. The Balaban J connectivity index is 1.86. The molecule has 1 aliphatic carbocycles. The van der Waals surface area contributed by atoms with Crippen molar-refractivity contribution >= 4 is 35.2 Å². The summed E-state index contributed by atoms with van der Waals surface area (Å²) in [5.74, 6) is 0.350. The molecule has 0 radical (unpaired) electrons. The predicted molar refractivity (Wildman–Crippen MR) is 104 cm³/mol. The Morgan fingerprint density at radius 3 is 2.59 bits per heavy atom. The van der Waals surface area contributed by atoms with Crippen LogP contribution in [0.3, 0.4) is 0 Å². The highest BCUT2D eigenvalue weighted by molar-refractivity contribution is 6.30. The van der Waals surface area contributed by atoms with Gasteiger partial charge in [-0.15, -0.1) is 0 Å². The second kappa shape index (κ2) is 7.92. The highest BCUT2D eigenvalue weighted by Crippen LogP contribution is 2.29. The van der Waals surface area contributed by atoms with Crippen LogP contribution in [-0.4, -0.2) is 32.7 Å². The van der Waals surface area contributed by atoms with E-state index >= 15 is 0 Å². The van der Waals surface area contributed by atoms with Crippen molar-refractivity contribution in [3.8, 4) is 0 Å². The molecule has 1 aromatic carbocycles. The summed E-state index contributed by atoms with van der Waals surface area (Å²) in [6.45, 7) is 3.49. The SMILES string of the molecule is CC(=O)Nc1nc(N)nc2c1C[C@H](N(Cc1ccc(Cl)cc1)C(C)=O)CC2. The Morgan fingerprint density at radius 2 is 1.96 bits per heavy atom. The fourth-order valence-electron chi connectivity index (χ4n) is 3.43. The summed E-state index contributed by atoms with van der Waals surface area (Å²) in [7, 11) is 0. The van der Waals surface area contributed by atoms with Crippen LogP contribution in [0.25, 0.3) is 0 Å². The van der Waals surface area contributed by atoms with Gasteiger partial charge < -0.3 is 16.0 Å². The second-order valence-corrected chi connectivity index (χ2v) is 7.14. The molecule has 142 valence electrons. The van der Waals surface area contributed by atoms with Gasteiger partial charge >= 0.3 is 0 Å². The third-order valence-corrected chi connectivity index (χ3v) is 4.92. The number of fused-ring (bicyclic) bond motifs is 1. The molecule has 0 bridgehead atoms. The molecule has 2 aromatic rings. The van der Waals surface area contributed by atoms with Gasteiger partial charge in [0.25, 0.3) is 0 Å². The Kier molecular flexibility index (Phi) is 5.60. The summed E-state index contributed by atoms with van der Waals surface area (Å²) < 4.78 is 0. The number of hydrogen-bond acceptors (Lipinski definition) is 5. The highest BCUT2D eigenvalue weighted by atomic mass is 35.5. The first-order chi connectivity index (χ1) is 12.8. The molecule has 0 spiro atoms. The number of nitrogens with zero attached hydrogens (tertiary/aromatic N) is 3. The van der Waals surface area contributed by atoms with E-state index in [9.17, 15) is 9.59 Å². The number of anilines is 2. The van der Waals surface area contributed by atoms with Gasteiger partial charge in [0.2, 0.25) is 17.8 Å². The summed E-state index contributed by atoms with van der Waals surface area (Å²) in [4.78, 5) is 34.2. The molecule has 0 aliphatic heterocycles. The van der Waals surface area contributed by atoms with E-state index in [-0.39, 0.29) is 23.8 Å². The van der Waals surface area contributed by atoms with Crippen LogP contribution in [0.4, 0.5) is 11.8 Å². The topological polar surface area (TPSA) is 101 Å². The second-order valence-electron chi connectivity index (χ2n) is 6.71. The van der Waals surface area contributed by atoms with Gasteiger partial charge in [0, 0.05) is 37.0 Å². The number of carbonyl (C=O) groups excluding carboxylic acids is 2. The van der Waals surface area contributed by atoms with Gasteiger partial charge in [-0.3, -0.25) is 9.59 Å². The molecule has 3 rings (SSSR count). The van der Waals surface area contributed by atoms with Gasteiger partial charge in [0.1, 0.15) is 5.82 Å². The van der Waals surface area contributed by atoms with E-state index in [4.69, 9.17) is 17.3 Å². The van der Waals surface area contributed by atoms with Crippen LogP contribution in [0, 0.1) is 0 Å². The number of nitrogens with one attached hydrogen (secondary N) is 1. The van der Waals surface area contributed by atoms with Crippen molar-refractivity contribution in [1.29, 1.82) is 0 Å². The number of rotatable bonds is 4. The van der Waals surface area contributed by atoms with E-state index in [1.54, 1.807) is 6.92 Å². The van der Waals surface area contributed by atoms with Crippen molar-refractivity contribution in [2.24, 2.45) is 0 Å². The minimum atomic E-state index is -0.220. The Hall–Kier alpha value is -2.67. The Labute approximate surface area is 162 Å². The van der Waals surface area contributed by atoms with E-state index in [1.165, 1.54) is 6.92 Å². The van der Waals surface area contributed by atoms with Crippen LogP contribution in [0.2, 0.25) is 5.02 Å². The monoisotopic (exact) mass is 387 g/mol. The van der Waals surface area contributed by atoms with Crippen LogP contribution < -0.4 is 11.1 Å². The van der Waals surface area contributed by atoms with Crippen molar-refractivity contribution in [1.82, 2.24) is 14.9 Å². The lowest BCUT2D eigenvalue weighted by atomic mass is 9.90. The smallest absolute Gasteiger partial charge is 0.222 e. The number of nitrogen functional groups attached to an aromatic ring is 1. The molecule has 1 aromatic heterocycles. The zero-order chi connectivity index (χ0) is 19.6. The molecule has 3 N–H and O–H groups in total. The molecule has 0 saturated heterocycles. The molecule has 27 heavy (non-hydrogen) atoms. The summed E-state index contributed by atoms with van der Waals surface area (Å²) in [6, 6.07) is 7.46. The lowest BCUT2D eigenvalue weighted by Crippen LogP contribution is -2.42. The van der Waals surface area contributed by atoms with Gasteiger partial charge in [-0.25, -0.2) is 4.98 Å². The molecule has 2 amide bonds. The number of benzene rings is 1. The number of halogens is 1. The molecule has 1 atom stereocenters. The van der Waals surface area contributed by atoms with Gasteiger partial charge in [-0.2, -0.15) is 4.98 Å². The lowest BCUT2D eigenvalue weighted by molar-refractivity contribution is -0.132. The number of hydrogen-bond donors (Lipinski definition) is 2. The summed E-state index contributed by atoms with van der Waals surface area (Å²) in [5.41, 5.74) is 8.45. The minimum Gasteiger partial charge on any atom is -0.368 e. The van der Waals surface area contributed by atoms with Crippen molar-refractivity contribution in [3.63, 3.8) is 0 Å². The number of amides is 2. The van der Waals surface area contributed by atoms with Gasteiger partial charge in [0.15, 0.2) is 0 Å². The fourth-order valence-corrected chi connectivity index (χ4v) is 3.56. The number of aromatic nitrogens is 2. The van der Waals surface area contributed by atoms with Crippen LogP contribution >= 0.6 is 11.6 Å². The van der Waals surface area contributed by atoms with Crippen molar-refractivity contribution in [2.45, 2.75) is 45.7 Å². The molecule has 7 nitrogen and oxygen atoms in total. The van der Waals surface area contributed by atoms with Crippen LogP contribution in [0.1, 0.15) is 37.1 Å². The summed E-state index contributed by atoms with van der Waals surface area (Å²) in [6.07, 6.45) is 2.01. The molecule has 0 unspecified atom stereocenters. The molecular formula is C19H22ClN5O2. The maximum Gasteiger partial charge on any atom is 0.222 e. The molecule has 1 heterocycles. The van der Waals surface area contributed by atoms with Crippen LogP contribution in [0.15, 0.2) is 24.3 Å². The van der Waals surface area contributed by atoms with Crippen LogP contribution in [-0.2, 0) is 29.0 Å². The predicted octanol–water partition coefficient (Wildman–Crippen LogP) is 2.58. The normalized spacial score (nSPS) is 15.7. The maximum atomic E-state index is 12.3. The molecule has 1 aliphatic rings. The van der Waals surface area contributed by atoms with E-state index in [0.29, 0.717) is 30.2 Å². The number of aryl methyl sites for hydroxylation is 1. The summed E-state index contributed by atoms with van der Waals surface area (Å²) in [5, 5.41) is 3.39. The van der Waals surface area contributed by atoms with Gasteiger partial charge in [0.05, 0.1) is 5.69 Å². The van der Waals surface area contributed by atoms with Crippen molar-refractivity contribution in [2.75, 3.05) is 11.1 Å². The van der Waals surface area contributed by atoms with Gasteiger partial charge in [-0.05, 0) is 37.0 Å². The van der Waals surface area contributed by atoms with E-state index in [1.807, 2.05) is 29.2 Å². The van der Waals surface area contributed by atoms with Crippen molar-refractivity contribution in [3.05, 3.63) is 46.1 Å². The molecular weight excluding hydrogens is 366 g/mol. The summed E-state index contributed by atoms with van der Waals surface area (Å²) >= 11 is 5.95. The molecule has 0 saturated carbocycles. The molecule has 0 fully saturated rings. The van der Waals surface area contributed by atoms with E-state index in [2.05, 4.69) is 15.3 Å². The van der Waals surface area contributed by atoms with Crippen LogP contribution in [0.5, 0.6) is 0 Å². The zero-order valence-corrected chi connectivity index (χ0v) is 16.1. The van der Waals surface area contributed by atoms with E-state index < -0.39 is 0 Å². The highest BCUT2D eigenvalue weighted by Gasteiger charge is 2.29. The Morgan fingerprint density at radius 1 is 1.26 bits per heavy atom. The first-order valence-corrected chi connectivity index (χ1v) is 9.15.